The molecule has 0 heterocycles. The summed E-state index contributed by atoms with van der Waals surface area (Å²) in [5.74, 6) is 1.06. The second-order valence-electron chi connectivity index (χ2n) is 6.80. The maximum atomic E-state index is 5.60. The third-order valence-electron chi connectivity index (χ3n) is 3.75. The first kappa shape index (κ1) is 18.5. The van der Waals surface area contributed by atoms with Crippen LogP contribution in [0.2, 0.25) is 0 Å². The Bertz CT molecular complexity index is 463. The normalized spacial score (nSPS) is 11.8. The highest BCUT2D eigenvalue weighted by atomic mass is 79.9. The monoisotopic (exact) mass is 355 g/mol. The van der Waals surface area contributed by atoms with E-state index in [0.29, 0.717) is 0 Å². The summed E-state index contributed by atoms with van der Waals surface area (Å²) in [4.78, 5) is 0. The molecular formula is C18H30BrNO. The van der Waals surface area contributed by atoms with Gasteiger partial charge >= 0.3 is 0 Å². The van der Waals surface area contributed by atoms with Crippen LogP contribution in [-0.4, -0.2) is 19.2 Å². The predicted octanol–water partition coefficient (Wildman–Crippen LogP) is 5.18. The smallest absolute Gasteiger partial charge is 0.125 e. The zero-order valence-electron chi connectivity index (χ0n) is 14.4. The first-order valence-electron chi connectivity index (χ1n) is 7.84. The van der Waals surface area contributed by atoms with Crippen LogP contribution in [0.3, 0.4) is 0 Å². The van der Waals surface area contributed by atoms with Crippen molar-refractivity contribution in [2.45, 2.75) is 65.8 Å². The fraction of sp³-hybridized carbons (Fsp3) is 0.667. The van der Waals surface area contributed by atoms with E-state index in [-0.39, 0.29) is 5.54 Å². The van der Waals surface area contributed by atoms with Gasteiger partial charge in [0.15, 0.2) is 0 Å². The van der Waals surface area contributed by atoms with Gasteiger partial charge in [-0.1, -0.05) is 22.4 Å². The average molecular weight is 356 g/mol. The van der Waals surface area contributed by atoms with E-state index in [1.807, 2.05) is 0 Å². The van der Waals surface area contributed by atoms with Crippen LogP contribution in [0.25, 0.3) is 0 Å². The summed E-state index contributed by atoms with van der Waals surface area (Å²) in [6, 6.07) is 2.14. The molecule has 1 N–H and O–H groups in total. The Morgan fingerprint density at radius 1 is 1.14 bits per heavy atom. The summed E-state index contributed by atoms with van der Waals surface area (Å²) in [7, 11) is 1.77. The lowest BCUT2D eigenvalue weighted by Crippen LogP contribution is -2.36. The van der Waals surface area contributed by atoms with Crippen molar-refractivity contribution < 1.29 is 4.74 Å². The van der Waals surface area contributed by atoms with Gasteiger partial charge in [0.1, 0.15) is 5.75 Å². The van der Waals surface area contributed by atoms with Crippen molar-refractivity contribution in [1.29, 1.82) is 0 Å². The van der Waals surface area contributed by atoms with Crippen LogP contribution in [0.1, 0.15) is 56.7 Å². The highest BCUT2D eigenvalue weighted by Gasteiger charge is 2.13. The summed E-state index contributed by atoms with van der Waals surface area (Å²) in [5, 5.41) is 3.54. The number of methoxy groups -OCH3 is 1. The van der Waals surface area contributed by atoms with Crippen molar-refractivity contribution in [3.05, 3.63) is 27.2 Å². The zero-order chi connectivity index (χ0) is 16.0. The second-order valence-corrected chi connectivity index (χ2v) is 7.65. The molecule has 21 heavy (non-hydrogen) atoms. The van der Waals surface area contributed by atoms with E-state index in [4.69, 9.17) is 4.74 Å². The van der Waals surface area contributed by atoms with E-state index in [0.717, 1.165) is 18.7 Å². The molecule has 0 aliphatic rings. The number of rotatable bonds is 7. The van der Waals surface area contributed by atoms with Crippen molar-refractivity contribution in [3.63, 3.8) is 0 Å². The highest BCUT2D eigenvalue weighted by molar-refractivity contribution is 9.10. The number of hydrogen-bond donors (Lipinski definition) is 1. The summed E-state index contributed by atoms with van der Waals surface area (Å²) in [6.45, 7) is 12.0. The van der Waals surface area contributed by atoms with Crippen LogP contribution >= 0.6 is 15.9 Å². The summed E-state index contributed by atoms with van der Waals surface area (Å²) < 4.78 is 6.79. The molecule has 3 heteroatoms. The van der Waals surface area contributed by atoms with E-state index in [2.05, 4.69) is 61.9 Å². The van der Waals surface area contributed by atoms with Crippen molar-refractivity contribution in [2.75, 3.05) is 13.7 Å². The number of nitrogens with one attached hydrogen (secondary N) is 1. The molecule has 0 aromatic heterocycles. The molecule has 0 atom stereocenters. The van der Waals surface area contributed by atoms with Crippen LogP contribution in [0.15, 0.2) is 10.5 Å². The lowest BCUT2D eigenvalue weighted by atomic mass is 9.98. The Kier molecular flexibility index (Phi) is 7.22. The molecule has 0 aliphatic carbocycles. The molecule has 0 unspecified atom stereocenters. The second kappa shape index (κ2) is 8.19. The molecule has 0 amide bonds. The van der Waals surface area contributed by atoms with Crippen molar-refractivity contribution >= 4 is 15.9 Å². The molecule has 0 bridgehead atoms. The quantitative estimate of drug-likeness (QED) is 0.680. The molecule has 0 radical (unpaired) electrons. The van der Waals surface area contributed by atoms with Crippen LogP contribution in [-0.2, 0) is 6.42 Å². The summed E-state index contributed by atoms with van der Waals surface area (Å²) >= 11 is 3.65. The van der Waals surface area contributed by atoms with Crippen molar-refractivity contribution in [2.24, 2.45) is 0 Å². The van der Waals surface area contributed by atoms with E-state index in [9.17, 15) is 0 Å². The van der Waals surface area contributed by atoms with E-state index >= 15 is 0 Å². The molecule has 1 aromatic carbocycles. The van der Waals surface area contributed by atoms with E-state index in [1.54, 1.807) is 7.11 Å². The van der Waals surface area contributed by atoms with Crippen LogP contribution in [0.5, 0.6) is 5.75 Å². The molecule has 1 aromatic rings. The minimum atomic E-state index is 0.223. The number of hydrogen-bond acceptors (Lipinski definition) is 2. The Labute approximate surface area is 138 Å². The van der Waals surface area contributed by atoms with Gasteiger partial charge in [0.2, 0.25) is 0 Å². The maximum absolute atomic E-state index is 5.60. The number of ether oxygens (including phenoxy) is 1. The molecule has 0 saturated heterocycles. The van der Waals surface area contributed by atoms with Crippen LogP contribution in [0.4, 0.5) is 0 Å². The Hall–Kier alpha value is -0.540. The lowest BCUT2D eigenvalue weighted by molar-refractivity contribution is 0.403. The third kappa shape index (κ3) is 5.99. The molecule has 0 fully saturated rings. The number of halogens is 1. The molecule has 0 saturated carbocycles. The number of benzene rings is 1. The summed E-state index contributed by atoms with van der Waals surface area (Å²) in [5.41, 5.74) is 4.10. The van der Waals surface area contributed by atoms with Crippen molar-refractivity contribution in [3.8, 4) is 5.75 Å². The van der Waals surface area contributed by atoms with E-state index in [1.165, 1.54) is 40.4 Å². The van der Waals surface area contributed by atoms with Gasteiger partial charge in [-0.05, 0) is 83.2 Å². The molecule has 120 valence electrons. The standard InChI is InChI=1S/C18H30BrNO/c1-13-12-16(19)14(2)15(17(13)21-6)10-8-7-9-11-20-18(3,4)5/h12,20H,7-11H2,1-6H3. The van der Waals surface area contributed by atoms with Gasteiger partial charge in [-0.2, -0.15) is 0 Å². The third-order valence-corrected chi connectivity index (χ3v) is 4.57. The highest BCUT2D eigenvalue weighted by Crippen LogP contribution is 2.33. The van der Waals surface area contributed by atoms with Gasteiger partial charge < -0.3 is 10.1 Å². The molecule has 0 spiro atoms. The Morgan fingerprint density at radius 2 is 1.81 bits per heavy atom. The Balaban J connectivity index is 2.52. The molecule has 1 rings (SSSR count). The van der Waals surface area contributed by atoms with Gasteiger partial charge in [-0.15, -0.1) is 0 Å². The van der Waals surface area contributed by atoms with Crippen LogP contribution < -0.4 is 10.1 Å². The number of unbranched alkanes of at least 4 members (excludes halogenated alkanes) is 2. The summed E-state index contributed by atoms with van der Waals surface area (Å²) in [6.07, 6.45) is 4.77. The van der Waals surface area contributed by atoms with E-state index < -0.39 is 0 Å². The first-order chi connectivity index (χ1) is 9.76. The fourth-order valence-electron chi connectivity index (χ4n) is 2.57. The lowest BCUT2D eigenvalue weighted by Gasteiger charge is -2.20. The molecular weight excluding hydrogens is 326 g/mol. The van der Waals surface area contributed by atoms with Crippen molar-refractivity contribution in [1.82, 2.24) is 5.32 Å². The van der Waals surface area contributed by atoms with Gasteiger partial charge in [0, 0.05) is 10.0 Å². The van der Waals surface area contributed by atoms with Gasteiger partial charge in [-0.3, -0.25) is 0 Å². The largest absolute Gasteiger partial charge is 0.496 e. The van der Waals surface area contributed by atoms with Crippen LogP contribution in [0, 0.1) is 13.8 Å². The SMILES string of the molecule is COc1c(C)cc(Br)c(C)c1CCCCCNC(C)(C)C. The topological polar surface area (TPSA) is 21.3 Å². The minimum Gasteiger partial charge on any atom is -0.496 e. The predicted molar refractivity (Wildman–Crippen MR) is 95.5 cm³/mol. The first-order valence-corrected chi connectivity index (χ1v) is 8.63. The number of aryl methyl sites for hydroxylation is 1. The Morgan fingerprint density at radius 3 is 2.38 bits per heavy atom. The van der Waals surface area contributed by atoms with Gasteiger partial charge in [0.05, 0.1) is 7.11 Å². The van der Waals surface area contributed by atoms with Gasteiger partial charge in [0.25, 0.3) is 0 Å². The zero-order valence-corrected chi connectivity index (χ0v) is 16.0. The fourth-order valence-corrected chi connectivity index (χ4v) is 3.15. The van der Waals surface area contributed by atoms with Gasteiger partial charge in [-0.25, -0.2) is 0 Å². The maximum Gasteiger partial charge on any atom is 0.125 e. The minimum absolute atomic E-state index is 0.223. The molecule has 2 nitrogen and oxygen atoms in total. The molecule has 0 aliphatic heterocycles. The average Bonchev–Trinajstić information content (AvgIpc) is 2.37.